The number of esters is 1. The van der Waals surface area contributed by atoms with E-state index in [4.69, 9.17) is 9.84 Å². The third-order valence-corrected chi connectivity index (χ3v) is 1.52. The topological polar surface area (TPSA) is 59.1 Å². The molecule has 0 bridgehead atoms. The van der Waals surface area contributed by atoms with E-state index in [0.29, 0.717) is 6.61 Å². The van der Waals surface area contributed by atoms with Gasteiger partial charge < -0.3 is 14.6 Å². The summed E-state index contributed by atoms with van der Waals surface area (Å²) in [6, 6.07) is 0. The van der Waals surface area contributed by atoms with Gasteiger partial charge in [-0.25, -0.2) is 4.79 Å². The molecule has 4 heteroatoms. The average Bonchev–Trinajstić information content (AvgIpc) is 2.65. The normalized spacial score (nSPS) is 31.2. The number of rotatable bonds is 3. The highest BCUT2D eigenvalue weighted by molar-refractivity contribution is 5.78. The van der Waals surface area contributed by atoms with Gasteiger partial charge in [0, 0.05) is 0 Å². The van der Waals surface area contributed by atoms with Gasteiger partial charge in [0.05, 0.1) is 12.7 Å². The molecule has 0 aromatic heterocycles. The van der Waals surface area contributed by atoms with Crippen molar-refractivity contribution in [1.82, 2.24) is 0 Å². The van der Waals surface area contributed by atoms with Crippen LogP contribution in [0.5, 0.6) is 0 Å². The van der Waals surface area contributed by atoms with E-state index in [1.54, 1.807) is 13.8 Å². The largest absolute Gasteiger partial charge is 0.464 e. The maximum Gasteiger partial charge on any atom is 0.338 e. The lowest BCUT2D eigenvalue weighted by Gasteiger charge is -1.97. The zero-order valence-corrected chi connectivity index (χ0v) is 6.61. The van der Waals surface area contributed by atoms with Crippen LogP contribution in [-0.4, -0.2) is 36.0 Å². The van der Waals surface area contributed by atoms with E-state index in [0.717, 1.165) is 0 Å². The lowest BCUT2D eigenvalue weighted by Crippen LogP contribution is -2.19. The monoisotopic (exact) mass is 160 g/mol. The summed E-state index contributed by atoms with van der Waals surface area (Å²) in [5, 5.41) is 8.95. The Hall–Kier alpha value is -0.610. The van der Waals surface area contributed by atoms with Crippen molar-refractivity contribution in [1.29, 1.82) is 0 Å². The molecule has 0 amide bonds. The molecule has 11 heavy (non-hydrogen) atoms. The van der Waals surface area contributed by atoms with Gasteiger partial charge in [0.1, 0.15) is 6.10 Å². The van der Waals surface area contributed by atoms with E-state index in [1.807, 2.05) is 0 Å². The highest BCUT2D eigenvalue weighted by Crippen LogP contribution is 2.26. The quantitative estimate of drug-likeness (QED) is 0.454. The zero-order chi connectivity index (χ0) is 8.43. The van der Waals surface area contributed by atoms with Crippen LogP contribution in [0.25, 0.3) is 0 Å². The molecule has 0 unspecified atom stereocenters. The van der Waals surface area contributed by atoms with Gasteiger partial charge in [-0.1, -0.05) is 0 Å². The number of carbonyl (C=O) groups excluding carboxylic acids is 1. The minimum absolute atomic E-state index is 0.352. The van der Waals surface area contributed by atoms with E-state index < -0.39 is 12.2 Å². The number of carbonyl (C=O) groups is 1. The van der Waals surface area contributed by atoms with Gasteiger partial charge >= 0.3 is 5.97 Å². The Kier molecular flexibility index (Phi) is 2.46. The maximum absolute atomic E-state index is 10.9. The van der Waals surface area contributed by atoms with Crippen molar-refractivity contribution in [2.45, 2.75) is 32.2 Å². The van der Waals surface area contributed by atoms with E-state index in [-0.39, 0.29) is 12.1 Å². The fourth-order valence-corrected chi connectivity index (χ4v) is 0.905. The third kappa shape index (κ3) is 1.91. The number of epoxide rings is 1. The fourth-order valence-electron chi connectivity index (χ4n) is 0.905. The molecule has 64 valence electrons. The molecule has 0 radical (unpaired) electrons. The first-order chi connectivity index (χ1) is 5.16. The van der Waals surface area contributed by atoms with Crippen LogP contribution in [0, 0.1) is 0 Å². The summed E-state index contributed by atoms with van der Waals surface area (Å²) < 4.78 is 9.54. The fraction of sp³-hybridized carbons (Fsp3) is 0.857. The molecule has 1 saturated heterocycles. The van der Waals surface area contributed by atoms with E-state index in [1.165, 1.54) is 0 Å². The van der Waals surface area contributed by atoms with E-state index in [2.05, 4.69) is 4.74 Å². The first-order valence-electron chi connectivity index (χ1n) is 3.67. The molecule has 0 saturated carbocycles. The number of aliphatic hydroxyl groups excluding tert-OH is 1. The van der Waals surface area contributed by atoms with Gasteiger partial charge in [0.15, 0.2) is 6.10 Å². The smallest absolute Gasteiger partial charge is 0.338 e. The molecular weight excluding hydrogens is 148 g/mol. The summed E-state index contributed by atoms with van der Waals surface area (Å²) in [7, 11) is 0. The molecule has 0 aromatic carbocycles. The summed E-state index contributed by atoms with van der Waals surface area (Å²) in [6.07, 6.45) is -1.48. The van der Waals surface area contributed by atoms with Crippen LogP contribution in [0.4, 0.5) is 0 Å². The molecule has 1 rings (SSSR count). The predicted molar refractivity (Wildman–Crippen MR) is 37.0 cm³/mol. The van der Waals surface area contributed by atoms with Gasteiger partial charge in [-0.05, 0) is 13.8 Å². The van der Waals surface area contributed by atoms with Gasteiger partial charge in [0.25, 0.3) is 0 Å². The van der Waals surface area contributed by atoms with Crippen LogP contribution in [-0.2, 0) is 14.3 Å². The lowest BCUT2D eigenvalue weighted by molar-refractivity contribution is -0.144. The SMILES string of the molecule is CCOC(=O)[C@@H]1O[C@@H]1[C@H](C)O. The number of ether oxygens (including phenoxy) is 2. The first-order valence-corrected chi connectivity index (χ1v) is 3.67. The van der Waals surface area contributed by atoms with Crippen LogP contribution >= 0.6 is 0 Å². The maximum atomic E-state index is 10.9. The van der Waals surface area contributed by atoms with Gasteiger partial charge in [-0.15, -0.1) is 0 Å². The lowest BCUT2D eigenvalue weighted by atomic mass is 10.2. The van der Waals surface area contributed by atoms with Crippen LogP contribution in [0.1, 0.15) is 13.8 Å². The van der Waals surface area contributed by atoms with E-state index >= 15 is 0 Å². The van der Waals surface area contributed by atoms with Crippen LogP contribution in [0.3, 0.4) is 0 Å². The molecule has 1 heterocycles. The number of aliphatic hydroxyl groups is 1. The molecule has 1 fully saturated rings. The van der Waals surface area contributed by atoms with Crippen molar-refractivity contribution in [3.63, 3.8) is 0 Å². The van der Waals surface area contributed by atoms with Gasteiger partial charge in [-0.2, -0.15) is 0 Å². The van der Waals surface area contributed by atoms with Crippen molar-refractivity contribution in [3.8, 4) is 0 Å². The predicted octanol–water partition coefficient (Wildman–Crippen LogP) is -0.302. The molecule has 0 aromatic rings. The van der Waals surface area contributed by atoms with Crippen LogP contribution in [0.2, 0.25) is 0 Å². The standard InChI is InChI=1S/C7H12O4/c1-3-10-7(9)6-5(11-6)4(2)8/h4-6,8H,3H2,1-2H3/t4-,5+,6+/m0/s1. The second-order valence-corrected chi connectivity index (χ2v) is 2.51. The Morgan fingerprint density at radius 3 is 2.82 bits per heavy atom. The summed E-state index contributed by atoms with van der Waals surface area (Å²) in [5.74, 6) is -0.376. The average molecular weight is 160 g/mol. The minimum Gasteiger partial charge on any atom is -0.464 e. The molecule has 1 aliphatic rings. The summed E-state index contributed by atoms with van der Waals surface area (Å²) in [6.45, 7) is 3.67. The number of hydrogen-bond donors (Lipinski definition) is 1. The molecular formula is C7H12O4. The zero-order valence-electron chi connectivity index (χ0n) is 6.61. The summed E-state index contributed by atoms with van der Waals surface area (Å²) >= 11 is 0. The highest BCUT2D eigenvalue weighted by Gasteiger charge is 2.49. The van der Waals surface area contributed by atoms with E-state index in [9.17, 15) is 4.79 Å². The molecule has 0 spiro atoms. The van der Waals surface area contributed by atoms with Crippen LogP contribution in [0.15, 0.2) is 0 Å². The Bertz CT molecular complexity index is 155. The molecule has 3 atom stereocenters. The highest BCUT2D eigenvalue weighted by atomic mass is 16.6. The summed E-state index contributed by atoms with van der Waals surface area (Å²) in [5.41, 5.74) is 0. The van der Waals surface area contributed by atoms with Crippen molar-refractivity contribution < 1.29 is 19.4 Å². The summed E-state index contributed by atoms with van der Waals surface area (Å²) in [4.78, 5) is 10.9. The minimum atomic E-state index is -0.593. The Balaban J connectivity index is 2.26. The van der Waals surface area contributed by atoms with Crippen molar-refractivity contribution >= 4 is 5.97 Å². The van der Waals surface area contributed by atoms with Gasteiger partial charge in [0.2, 0.25) is 0 Å². The van der Waals surface area contributed by atoms with Gasteiger partial charge in [-0.3, -0.25) is 0 Å². The third-order valence-electron chi connectivity index (χ3n) is 1.52. The Morgan fingerprint density at radius 2 is 2.45 bits per heavy atom. The van der Waals surface area contributed by atoms with Crippen molar-refractivity contribution in [2.75, 3.05) is 6.61 Å². The molecule has 1 aliphatic heterocycles. The van der Waals surface area contributed by atoms with Crippen LogP contribution < -0.4 is 0 Å². The first kappa shape index (κ1) is 8.49. The second-order valence-electron chi connectivity index (χ2n) is 2.51. The Labute approximate surface area is 65.1 Å². The molecule has 0 aliphatic carbocycles. The molecule has 4 nitrogen and oxygen atoms in total. The second kappa shape index (κ2) is 3.19. The van der Waals surface area contributed by atoms with Crippen molar-refractivity contribution in [2.24, 2.45) is 0 Å². The van der Waals surface area contributed by atoms with Crippen molar-refractivity contribution in [3.05, 3.63) is 0 Å². The number of hydrogen-bond acceptors (Lipinski definition) is 4. The Morgan fingerprint density at radius 1 is 1.82 bits per heavy atom. The molecule has 1 N–H and O–H groups in total.